The Labute approximate surface area is 88.1 Å². The Morgan fingerprint density at radius 3 is 2.87 bits per heavy atom. The number of nitrogens with one attached hydrogen (secondary N) is 2. The van der Waals surface area contributed by atoms with Gasteiger partial charge in [0.15, 0.2) is 5.96 Å². The number of benzene rings is 1. The Morgan fingerprint density at radius 2 is 2.27 bits per heavy atom. The van der Waals surface area contributed by atoms with Gasteiger partial charge in [0.1, 0.15) is 5.75 Å². The smallest absolute Gasteiger partial charge is 0.185 e. The molecular formula is C10H15N3O2. The summed E-state index contributed by atoms with van der Waals surface area (Å²) in [6.45, 7) is 1.99. The van der Waals surface area contributed by atoms with E-state index in [-0.39, 0.29) is 18.3 Å². The molecule has 1 aromatic carbocycles. The van der Waals surface area contributed by atoms with Crippen molar-refractivity contribution < 1.29 is 10.2 Å². The van der Waals surface area contributed by atoms with Gasteiger partial charge in [-0.3, -0.25) is 5.41 Å². The molecule has 1 aromatic rings. The number of rotatable bonds is 3. The lowest BCUT2D eigenvalue weighted by atomic mass is 10.0. The summed E-state index contributed by atoms with van der Waals surface area (Å²) in [5.41, 5.74) is 6.61. The van der Waals surface area contributed by atoms with Gasteiger partial charge in [0.2, 0.25) is 0 Å². The van der Waals surface area contributed by atoms with E-state index >= 15 is 0 Å². The molecule has 5 nitrogen and oxygen atoms in total. The van der Waals surface area contributed by atoms with E-state index in [1.54, 1.807) is 12.1 Å². The lowest BCUT2D eigenvalue weighted by Gasteiger charge is -2.14. The monoisotopic (exact) mass is 209 g/mol. The second-order valence-corrected chi connectivity index (χ2v) is 3.35. The molecular weight excluding hydrogens is 194 g/mol. The molecule has 1 atom stereocenters. The summed E-state index contributed by atoms with van der Waals surface area (Å²) in [5, 5.41) is 28.5. The van der Waals surface area contributed by atoms with Gasteiger partial charge in [-0.25, -0.2) is 0 Å². The normalized spacial score (nSPS) is 12.1. The fourth-order valence-corrected chi connectivity index (χ4v) is 1.30. The van der Waals surface area contributed by atoms with Crippen LogP contribution in [0.3, 0.4) is 0 Å². The number of aryl methyl sites for hydroxylation is 1. The van der Waals surface area contributed by atoms with Crippen LogP contribution in [0.15, 0.2) is 18.2 Å². The fourth-order valence-electron chi connectivity index (χ4n) is 1.30. The van der Waals surface area contributed by atoms with Crippen LogP contribution in [0.5, 0.6) is 5.75 Å². The third-order valence-corrected chi connectivity index (χ3v) is 2.11. The fraction of sp³-hybridized carbons (Fsp3) is 0.300. The van der Waals surface area contributed by atoms with Gasteiger partial charge in [0, 0.05) is 6.54 Å². The maximum absolute atomic E-state index is 9.75. The minimum absolute atomic E-state index is 0.109. The van der Waals surface area contributed by atoms with Crippen LogP contribution in [0.2, 0.25) is 0 Å². The first kappa shape index (κ1) is 11.3. The SMILES string of the molecule is Cc1ccc(O)cc1[C@@H](O)CNC(=N)N. The van der Waals surface area contributed by atoms with Crippen LogP contribution in [0.4, 0.5) is 0 Å². The summed E-state index contributed by atoms with van der Waals surface area (Å²) in [6.07, 6.45) is -0.791. The molecule has 0 amide bonds. The molecule has 0 spiro atoms. The Bertz CT molecular complexity index is 366. The van der Waals surface area contributed by atoms with E-state index in [0.29, 0.717) is 5.56 Å². The molecule has 0 unspecified atom stereocenters. The Hall–Kier alpha value is -1.75. The van der Waals surface area contributed by atoms with Crippen LogP contribution in [0, 0.1) is 12.3 Å². The molecule has 1 rings (SSSR count). The number of hydrogen-bond donors (Lipinski definition) is 5. The van der Waals surface area contributed by atoms with Crippen molar-refractivity contribution in [1.82, 2.24) is 5.32 Å². The van der Waals surface area contributed by atoms with Crippen molar-refractivity contribution >= 4 is 5.96 Å². The average molecular weight is 209 g/mol. The third kappa shape index (κ3) is 3.14. The number of aliphatic hydroxyl groups excluding tert-OH is 1. The third-order valence-electron chi connectivity index (χ3n) is 2.11. The van der Waals surface area contributed by atoms with Gasteiger partial charge < -0.3 is 21.3 Å². The van der Waals surface area contributed by atoms with Crippen LogP contribution in [0.25, 0.3) is 0 Å². The van der Waals surface area contributed by atoms with Crippen molar-refractivity contribution in [2.24, 2.45) is 5.73 Å². The Balaban J connectivity index is 2.76. The molecule has 0 fully saturated rings. The van der Waals surface area contributed by atoms with E-state index in [1.807, 2.05) is 6.92 Å². The second kappa shape index (κ2) is 4.65. The van der Waals surface area contributed by atoms with Crippen molar-refractivity contribution in [2.75, 3.05) is 6.54 Å². The van der Waals surface area contributed by atoms with Crippen LogP contribution in [0.1, 0.15) is 17.2 Å². The maximum Gasteiger partial charge on any atom is 0.185 e. The highest BCUT2D eigenvalue weighted by molar-refractivity contribution is 5.74. The quantitative estimate of drug-likeness (QED) is 0.363. The summed E-state index contributed by atoms with van der Waals surface area (Å²) >= 11 is 0. The topological polar surface area (TPSA) is 102 Å². The zero-order valence-corrected chi connectivity index (χ0v) is 8.49. The molecule has 0 heterocycles. The highest BCUT2D eigenvalue weighted by Gasteiger charge is 2.10. The molecule has 82 valence electrons. The lowest BCUT2D eigenvalue weighted by molar-refractivity contribution is 0.180. The summed E-state index contributed by atoms with van der Waals surface area (Å²) < 4.78 is 0. The van der Waals surface area contributed by atoms with E-state index < -0.39 is 6.10 Å². The summed E-state index contributed by atoms with van der Waals surface area (Å²) in [4.78, 5) is 0. The van der Waals surface area contributed by atoms with Crippen molar-refractivity contribution in [1.29, 1.82) is 5.41 Å². The van der Waals surface area contributed by atoms with Gasteiger partial charge in [-0.1, -0.05) is 6.07 Å². The van der Waals surface area contributed by atoms with Crippen LogP contribution < -0.4 is 11.1 Å². The molecule has 6 N–H and O–H groups in total. The molecule has 5 heteroatoms. The number of nitrogens with two attached hydrogens (primary N) is 1. The number of aliphatic hydroxyl groups is 1. The van der Waals surface area contributed by atoms with E-state index in [2.05, 4.69) is 5.32 Å². The maximum atomic E-state index is 9.75. The molecule has 0 saturated heterocycles. The van der Waals surface area contributed by atoms with Crippen molar-refractivity contribution in [3.8, 4) is 5.75 Å². The Kier molecular flexibility index (Phi) is 3.51. The number of phenols is 1. The molecule has 0 bridgehead atoms. The van der Waals surface area contributed by atoms with E-state index in [4.69, 9.17) is 11.1 Å². The number of hydrogen-bond acceptors (Lipinski definition) is 3. The van der Waals surface area contributed by atoms with Gasteiger partial charge >= 0.3 is 0 Å². The zero-order valence-electron chi connectivity index (χ0n) is 8.49. The minimum Gasteiger partial charge on any atom is -0.508 e. The molecule has 15 heavy (non-hydrogen) atoms. The first-order chi connectivity index (χ1) is 7.00. The summed E-state index contributed by atoms with van der Waals surface area (Å²) in [6, 6.07) is 4.79. The minimum atomic E-state index is -0.791. The van der Waals surface area contributed by atoms with Gasteiger partial charge in [-0.15, -0.1) is 0 Å². The predicted molar refractivity (Wildman–Crippen MR) is 57.7 cm³/mol. The van der Waals surface area contributed by atoms with Gasteiger partial charge in [-0.05, 0) is 30.2 Å². The molecule has 0 saturated carbocycles. The highest BCUT2D eigenvalue weighted by Crippen LogP contribution is 2.21. The van der Waals surface area contributed by atoms with Crippen molar-refractivity contribution in [3.05, 3.63) is 29.3 Å². The summed E-state index contributed by atoms with van der Waals surface area (Å²) in [7, 11) is 0. The van der Waals surface area contributed by atoms with Gasteiger partial charge in [0.25, 0.3) is 0 Å². The molecule has 0 aliphatic carbocycles. The molecule has 0 aromatic heterocycles. The van der Waals surface area contributed by atoms with Crippen LogP contribution in [-0.4, -0.2) is 22.7 Å². The molecule has 0 radical (unpaired) electrons. The average Bonchev–Trinajstić information content (AvgIpc) is 2.18. The van der Waals surface area contributed by atoms with Crippen LogP contribution in [-0.2, 0) is 0 Å². The lowest BCUT2D eigenvalue weighted by Crippen LogP contribution is -2.33. The molecule has 0 aliphatic heterocycles. The Morgan fingerprint density at radius 1 is 1.60 bits per heavy atom. The number of aromatic hydroxyl groups is 1. The number of phenolic OH excluding ortho intramolecular Hbond substituents is 1. The largest absolute Gasteiger partial charge is 0.508 e. The highest BCUT2D eigenvalue weighted by atomic mass is 16.3. The zero-order chi connectivity index (χ0) is 11.4. The van der Waals surface area contributed by atoms with Gasteiger partial charge in [-0.2, -0.15) is 0 Å². The van der Waals surface area contributed by atoms with Crippen LogP contribution >= 0.6 is 0 Å². The van der Waals surface area contributed by atoms with Crippen molar-refractivity contribution in [3.63, 3.8) is 0 Å². The molecule has 0 aliphatic rings. The standard InChI is InChI=1S/C10H15N3O2/c1-6-2-3-7(14)4-8(6)9(15)5-13-10(11)12/h2-4,9,14-15H,5H2,1H3,(H4,11,12,13)/t9-/m0/s1. The van der Waals surface area contributed by atoms with Gasteiger partial charge in [0.05, 0.1) is 6.10 Å². The van der Waals surface area contributed by atoms with E-state index in [0.717, 1.165) is 5.56 Å². The van der Waals surface area contributed by atoms with E-state index in [1.165, 1.54) is 6.07 Å². The van der Waals surface area contributed by atoms with Crippen molar-refractivity contribution in [2.45, 2.75) is 13.0 Å². The predicted octanol–water partition coefficient (Wildman–Crippen LogP) is 0.217. The first-order valence-corrected chi connectivity index (χ1v) is 4.56. The first-order valence-electron chi connectivity index (χ1n) is 4.56. The number of guanidine groups is 1. The second-order valence-electron chi connectivity index (χ2n) is 3.35. The van der Waals surface area contributed by atoms with E-state index in [9.17, 15) is 10.2 Å². The summed E-state index contributed by atoms with van der Waals surface area (Å²) in [5.74, 6) is -0.0793.